The van der Waals surface area contributed by atoms with Crippen molar-refractivity contribution < 1.29 is 4.52 Å². The molecule has 1 aromatic heterocycles. The fourth-order valence-electron chi connectivity index (χ4n) is 3.51. The minimum Gasteiger partial charge on any atom is -0.339 e. The lowest BCUT2D eigenvalue weighted by Crippen LogP contribution is -2.39. The maximum absolute atomic E-state index is 5.75. The van der Waals surface area contributed by atoms with Gasteiger partial charge in [0.15, 0.2) is 5.82 Å². The van der Waals surface area contributed by atoms with Crippen LogP contribution in [0.15, 0.2) is 4.52 Å². The van der Waals surface area contributed by atoms with Gasteiger partial charge in [-0.15, -0.1) is 0 Å². The van der Waals surface area contributed by atoms with Crippen LogP contribution in [0.1, 0.15) is 56.7 Å². The lowest BCUT2D eigenvalue weighted by molar-refractivity contribution is 0.157. The molecule has 19 heavy (non-hydrogen) atoms. The van der Waals surface area contributed by atoms with Gasteiger partial charge in [0.25, 0.3) is 0 Å². The van der Waals surface area contributed by atoms with Crippen molar-refractivity contribution in [2.75, 3.05) is 7.05 Å². The van der Waals surface area contributed by atoms with E-state index in [1.807, 2.05) is 6.92 Å². The van der Waals surface area contributed by atoms with Gasteiger partial charge in [-0.25, -0.2) is 0 Å². The molecular weight excluding hydrogens is 240 g/mol. The smallest absolute Gasteiger partial charge is 0.226 e. The Bertz CT molecular complexity index is 417. The first-order chi connectivity index (χ1) is 9.13. The summed E-state index contributed by atoms with van der Waals surface area (Å²) in [5.41, 5.74) is 5.75. The van der Waals surface area contributed by atoms with Gasteiger partial charge in [-0.05, 0) is 46.1 Å². The van der Waals surface area contributed by atoms with E-state index in [0.717, 1.165) is 36.6 Å². The molecule has 2 bridgehead atoms. The predicted octanol–water partition coefficient (Wildman–Crippen LogP) is 1.69. The van der Waals surface area contributed by atoms with Crippen LogP contribution in [-0.2, 0) is 6.42 Å². The van der Waals surface area contributed by atoms with E-state index in [0.29, 0.717) is 5.92 Å². The third-order valence-corrected chi connectivity index (χ3v) is 4.76. The van der Waals surface area contributed by atoms with Gasteiger partial charge in [0.2, 0.25) is 5.89 Å². The second kappa shape index (κ2) is 5.21. The number of nitrogens with zero attached hydrogens (tertiary/aromatic N) is 3. The van der Waals surface area contributed by atoms with Gasteiger partial charge < -0.3 is 15.2 Å². The summed E-state index contributed by atoms with van der Waals surface area (Å²) in [7, 11) is 2.25. The monoisotopic (exact) mass is 264 g/mol. The molecule has 0 spiro atoms. The molecule has 3 atom stereocenters. The number of hydrogen-bond donors (Lipinski definition) is 1. The number of nitrogens with two attached hydrogens (primary N) is 1. The van der Waals surface area contributed by atoms with Gasteiger partial charge in [0.1, 0.15) is 0 Å². The summed E-state index contributed by atoms with van der Waals surface area (Å²) in [6, 6.07) is 1.62. The molecule has 1 aromatic rings. The molecule has 3 heterocycles. The largest absolute Gasteiger partial charge is 0.339 e. The van der Waals surface area contributed by atoms with Crippen LogP contribution in [0.4, 0.5) is 0 Å². The number of piperidine rings is 1. The maximum Gasteiger partial charge on any atom is 0.226 e. The quantitative estimate of drug-likeness (QED) is 0.896. The summed E-state index contributed by atoms with van der Waals surface area (Å²) >= 11 is 0. The minimum absolute atomic E-state index is 0.189. The van der Waals surface area contributed by atoms with Crippen LogP contribution in [0.5, 0.6) is 0 Å². The Kier molecular flexibility index (Phi) is 3.58. The zero-order valence-corrected chi connectivity index (χ0v) is 11.9. The highest BCUT2D eigenvalue weighted by Crippen LogP contribution is 2.41. The molecule has 0 aromatic carbocycles. The molecule has 2 aliphatic rings. The number of rotatable bonds is 4. The second-order valence-electron chi connectivity index (χ2n) is 6.28. The average molecular weight is 264 g/mol. The summed E-state index contributed by atoms with van der Waals surface area (Å²) in [5.74, 6) is 2.16. The zero-order valence-electron chi connectivity index (χ0n) is 11.9. The van der Waals surface area contributed by atoms with Crippen LogP contribution >= 0.6 is 0 Å². The molecule has 2 saturated heterocycles. The van der Waals surface area contributed by atoms with E-state index >= 15 is 0 Å². The van der Waals surface area contributed by atoms with Crippen LogP contribution in [0, 0.1) is 0 Å². The summed E-state index contributed by atoms with van der Waals surface area (Å²) in [6.45, 7) is 2.01. The Morgan fingerprint density at radius 1 is 1.37 bits per heavy atom. The van der Waals surface area contributed by atoms with E-state index in [4.69, 9.17) is 10.3 Å². The van der Waals surface area contributed by atoms with Crippen molar-refractivity contribution in [3.05, 3.63) is 11.7 Å². The molecule has 0 amide bonds. The van der Waals surface area contributed by atoms with Gasteiger partial charge in [-0.1, -0.05) is 5.16 Å². The minimum atomic E-state index is 0.189. The first-order valence-electron chi connectivity index (χ1n) is 7.43. The Hall–Kier alpha value is -0.940. The average Bonchev–Trinajstić information content (AvgIpc) is 2.90. The first kappa shape index (κ1) is 13.1. The first-order valence-corrected chi connectivity index (χ1v) is 7.43. The summed E-state index contributed by atoms with van der Waals surface area (Å²) in [4.78, 5) is 7.11. The number of aromatic nitrogens is 2. The molecule has 106 valence electrons. The molecular formula is C14H24N4O. The topological polar surface area (TPSA) is 68.2 Å². The van der Waals surface area contributed by atoms with Crippen molar-refractivity contribution in [2.45, 2.75) is 69.5 Å². The van der Waals surface area contributed by atoms with E-state index in [9.17, 15) is 0 Å². The van der Waals surface area contributed by atoms with E-state index in [1.165, 1.54) is 25.7 Å². The van der Waals surface area contributed by atoms with Crippen LogP contribution in [0.25, 0.3) is 0 Å². The summed E-state index contributed by atoms with van der Waals surface area (Å²) in [6.07, 6.45) is 6.71. The van der Waals surface area contributed by atoms with E-state index < -0.39 is 0 Å². The van der Waals surface area contributed by atoms with Crippen molar-refractivity contribution in [1.82, 2.24) is 15.0 Å². The fraction of sp³-hybridized carbons (Fsp3) is 0.857. The van der Waals surface area contributed by atoms with Crippen molar-refractivity contribution >= 4 is 0 Å². The standard InChI is InChI=1S/C14H24N4O/c1-9(15)3-6-13-16-14(17-19-13)10-7-11-4-5-12(8-10)18(11)2/h9-12H,3-8,15H2,1-2H3. The molecule has 0 radical (unpaired) electrons. The van der Waals surface area contributed by atoms with E-state index in [1.54, 1.807) is 0 Å². The molecule has 0 saturated carbocycles. The molecule has 3 rings (SSSR count). The highest BCUT2D eigenvalue weighted by Gasteiger charge is 2.40. The molecule has 0 aliphatic carbocycles. The molecule has 2 aliphatic heterocycles. The van der Waals surface area contributed by atoms with Crippen molar-refractivity contribution in [3.8, 4) is 0 Å². The van der Waals surface area contributed by atoms with Crippen LogP contribution in [-0.4, -0.2) is 40.2 Å². The third-order valence-electron chi connectivity index (χ3n) is 4.76. The van der Waals surface area contributed by atoms with Crippen molar-refractivity contribution in [3.63, 3.8) is 0 Å². The Balaban J connectivity index is 1.64. The Labute approximate surface area is 114 Å². The molecule has 2 fully saturated rings. The summed E-state index contributed by atoms with van der Waals surface area (Å²) < 4.78 is 5.36. The van der Waals surface area contributed by atoms with Gasteiger partial charge >= 0.3 is 0 Å². The van der Waals surface area contributed by atoms with Gasteiger partial charge in [0, 0.05) is 30.5 Å². The fourth-order valence-corrected chi connectivity index (χ4v) is 3.51. The number of fused-ring (bicyclic) bond motifs is 2. The lowest BCUT2D eigenvalue weighted by atomic mass is 9.90. The van der Waals surface area contributed by atoms with Crippen molar-refractivity contribution in [1.29, 1.82) is 0 Å². The molecule has 2 N–H and O–H groups in total. The summed E-state index contributed by atoms with van der Waals surface area (Å²) in [5, 5.41) is 4.19. The number of hydrogen-bond acceptors (Lipinski definition) is 5. The van der Waals surface area contributed by atoms with E-state index in [-0.39, 0.29) is 6.04 Å². The van der Waals surface area contributed by atoms with Gasteiger partial charge in [-0.3, -0.25) is 0 Å². The van der Waals surface area contributed by atoms with Crippen LogP contribution < -0.4 is 5.73 Å². The third kappa shape index (κ3) is 2.67. The Morgan fingerprint density at radius 2 is 2.05 bits per heavy atom. The SMILES string of the molecule is CC(N)CCc1nc(C2CC3CCC(C2)N3C)no1. The van der Waals surface area contributed by atoms with Crippen LogP contribution in [0.2, 0.25) is 0 Å². The van der Waals surface area contributed by atoms with E-state index in [2.05, 4.69) is 22.1 Å². The van der Waals surface area contributed by atoms with Crippen molar-refractivity contribution in [2.24, 2.45) is 5.73 Å². The predicted molar refractivity (Wildman–Crippen MR) is 72.8 cm³/mol. The van der Waals surface area contributed by atoms with Gasteiger partial charge in [0.05, 0.1) is 0 Å². The molecule has 5 nitrogen and oxygen atoms in total. The highest BCUT2D eigenvalue weighted by atomic mass is 16.5. The highest BCUT2D eigenvalue weighted by molar-refractivity contribution is 5.05. The number of aryl methyl sites for hydroxylation is 1. The molecule has 5 heteroatoms. The second-order valence-corrected chi connectivity index (χ2v) is 6.28. The normalized spacial score (nSPS) is 32.7. The van der Waals surface area contributed by atoms with Gasteiger partial charge in [-0.2, -0.15) is 4.98 Å². The molecule has 3 unspecified atom stereocenters. The van der Waals surface area contributed by atoms with Crippen LogP contribution in [0.3, 0.4) is 0 Å². The maximum atomic E-state index is 5.75. The zero-order chi connectivity index (χ0) is 13.4. The lowest BCUT2D eigenvalue weighted by Gasteiger charge is -2.34. The Morgan fingerprint density at radius 3 is 2.68 bits per heavy atom.